The Kier molecular flexibility index (Phi) is 3.91. The van der Waals surface area contributed by atoms with Gasteiger partial charge >= 0.3 is 0 Å². The van der Waals surface area contributed by atoms with Gasteiger partial charge in [-0.3, -0.25) is 9.59 Å². The molecule has 8 heteroatoms. The summed E-state index contributed by atoms with van der Waals surface area (Å²) in [6.07, 6.45) is 1.86. The van der Waals surface area contributed by atoms with E-state index < -0.39 is 11.8 Å². The van der Waals surface area contributed by atoms with Crippen molar-refractivity contribution >= 4 is 33.8 Å². The van der Waals surface area contributed by atoms with E-state index in [4.69, 9.17) is 17.2 Å². The predicted molar refractivity (Wildman–Crippen MR) is 75.3 cm³/mol. The summed E-state index contributed by atoms with van der Waals surface area (Å²) < 4.78 is 0. The SMILES string of the molecule is NC(=O)c1sc(NC2CCNCC2)c(C(N)=O)c1N. The summed E-state index contributed by atoms with van der Waals surface area (Å²) >= 11 is 1.08. The van der Waals surface area contributed by atoms with Crippen LogP contribution in [0.4, 0.5) is 10.7 Å². The first-order valence-electron chi connectivity index (χ1n) is 5.99. The standard InChI is InChI=1S/C11H17N5O2S/c12-7-6(9(13)17)11(19-8(7)10(14)18)16-5-1-3-15-4-2-5/h5,15-16H,1-4,12H2,(H2,13,17)(H2,14,18). The van der Waals surface area contributed by atoms with Crippen molar-refractivity contribution in [1.29, 1.82) is 0 Å². The fraction of sp³-hybridized carbons (Fsp3) is 0.455. The lowest BCUT2D eigenvalue weighted by Gasteiger charge is -2.24. The fourth-order valence-corrected chi connectivity index (χ4v) is 3.18. The first kappa shape index (κ1) is 13.6. The molecule has 104 valence electrons. The maximum absolute atomic E-state index is 11.5. The molecule has 1 aliphatic rings. The van der Waals surface area contributed by atoms with Crippen molar-refractivity contribution in [2.75, 3.05) is 24.1 Å². The molecule has 0 saturated carbocycles. The second kappa shape index (κ2) is 5.45. The number of amides is 2. The normalized spacial score (nSPS) is 16.2. The number of nitrogen functional groups attached to an aromatic ring is 1. The van der Waals surface area contributed by atoms with Crippen LogP contribution in [0.25, 0.3) is 0 Å². The summed E-state index contributed by atoms with van der Waals surface area (Å²) in [5.74, 6) is -1.30. The van der Waals surface area contributed by atoms with Gasteiger partial charge in [-0.1, -0.05) is 0 Å². The van der Waals surface area contributed by atoms with E-state index in [1.807, 2.05) is 0 Å². The summed E-state index contributed by atoms with van der Waals surface area (Å²) in [5, 5.41) is 7.02. The van der Waals surface area contributed by atoms with Crippen molar-refractivity contribution < 1.29 is 9.59 Å². The Morgan fingerprint density at radius 2 is 1.84 bits per heavy atom. The van der Waals surface area contributed by atoms with Crippen LogP contribution in [0, 0.1) is 0 Å². The molecule has 0 bridgehead atoms. The molecule has 8 N–H and O–H groups in total. The van der Waals surface area contributed by atoms with Crippen LogP contribution in [-0.2, 0) is 0 Å². The third-order valence-corrected chi connectivity index (χ3v) is 4.24. The number of thiophene rings is 1. The Balaban J connectivity index is 2.30. The van der Waals surface area contributed by atoms with Gasteiger partial charge in [-0.2, -0.15) is 0 Å². The van der Waals surface area contributed by atoms with E-state index in [1.165, 1.54) is 0 Å². The molecular weight excluding hydrogens is 266 g/mol. The molecule has 1 saturated heterocycles. The molecular formula is C11H17N5O2S. The van der Waals surface area contributed by atoms with Crippen molar-refractivity contribution in [3.05, 3.63) is 10.4 Å². The van der Waals surface area contributed by atoms with E-state index >= 15 is 0 Å². The van der Waals surface area contributed by atoms with Gasteiger partial charge in [0.2, 0.25) is 0 Å². The Morgan fingerprint density at radius 3 is 2.37 bits per heavy atom. The van der Waals surface area contributed by atoms with Crippen LogP contribution < -0.4 is 27.8 Å². The number of hydrogen-bond donors (Lipinski definition) is 5. The molecule has 2 rings (SSSR count). The lowest BCUT2D eigenvalue weighted by atomic mass is 10.1. The number of nitrogens with one attached hydrogen (secondary N) is 2. The predicted octanol–water partition coefficient (Wildman–Crippen LogP) is -0.308. The molecule has 7 nitrogen and oxygen atoms in total. The number of carbonyl (C=O) groups excluding carboxylic acids is 2. The zero-order valence-corrected chi connectivity index (χ0v) is 11.2. The summed E-state index contributed by atoms with van der Waals surface area (Å²) in [6, 6.07) is 0.234. The quantitative estimate of drug-likeness (QED) is 0.516. The van der Waals surface area contributed by atoms with E-state index in [9.17, 15) is 9.59 Å². The Hall–Kier alpha value is -1.80. The second-order valence-corrected chi connectivity index (χ2v) is 5.47. The lowest BCUT2D eigenvalue weighted by Crippen LogP contribution is -2.35. The van der Waals surface area contributed by atoms with Crippen LogP contribution >= 0.6 is 11.3 Å². The van der Waals surface area contributed by atoms with Crippen LogP contribution in [0.1, 0.15) is 32.9 Å². The lowest BCUT2D eigenvalue weighted by molar-refractivity contribution is 0.0999. The first-order chi connectivity index (χ1) is 9.00. The summed E-state index contributed by atoms with van der Waals surface area (Å²) in [7, 11) is 0. The summed E-state index contributed by atoms with van der Waals surface area (Å²) in [4.78, 5) is 22.9. The van der Waals surface area contributed by atoms with E-state index in [0.717, 1.165) is 37.3 Å². The van der Waals surface area contributed by atoms with Crippen LogP contribution in [-0.4, -0.2) is 30.9 Å². The van der Waals surface area contributed by atoms with Crippen molar-refractivity contribution in [1.82, 2.24) is 5.32 Å². The van der Waals surface area contributed by atoms with Gasteiger partial charge in [0.25, 0.3) is 11.8 Å². The zero-order valence-electron chi connectivity index (χ0n) is 10.4. The maximum atomic E-state index is 11.5. The molecule has 0 unspecified atom stereocenters. The van der Waals surface area contributed by atoms with Crippen LogP contribution in [0.5, 0.6) is 0 Å². The third kappa shape index (κ3) is 2.79. The average Bonchev–Trinajstić information content (AvgIpc) is 2.67. The van der Waals surface area contributed by atoms with E-state index in [-0.39, 0.29) is 22.2 Å². The number of primary amides is 2. The van der Waals surface area contributed by atoms with Gasteiger partial charge < -0.3 is 27.8 Å². The molecule has 0 aromatic carbocycles. The Labute approximate surface area is 114 Å². The molecule has 1 aromatic rings. The van der Waals surface area contributed by atoms with Crippen molar-refractivity contribution in [2.45, 2.75) is 18.9 Å². The number of nitrogens with two attached hydrogens (primary N) is 3. The molecule has 1 aliphatic heterocycles. The number of piperidine rings is 1. The smallest absolute Gasteiger partial charge is 0.260 e. The largest absolute Gasteiger partial charge is 0.397 e. The summed E-state index contributed by atoms with van der Waals surface area (Å²) in [5.41, 5.74) is 16.6. The highest BCUT2D eigenvalue weighted by molar-refractivity contribution is 7.19. The molecule has 2 heterocycles. The monoisotopic (exact) mass is 283 g/mol. The van der Waals surface area contributed by atoms with Gasteiger partial charge in [-0.15, -0.1) is 11.3 Å². The van der Waals surface area contributed by atoms with Crippen LogP contribution in [0.3, 0.4) is 0 Å². The number of hydrogen-bond acceptors (Lipinski definition) is 6. The van der Waals surface area contributed by atoms with E-state index in [1.54, 1.807) is 0 Å². The number of anilines is 2. The number of carbonyl (C=O) groups is 2. The Morgan fingerprint density at radius 1 is 1.21 bits per heavy atom. The number of rotatable bonds is 4. The molecule has 19 heavy (non-hydrogen) atoms. The minimum atomic E-state index is -0.655. The van der Waals surface area contributed by atoms with Crippen LogP contribution in [0.2, 0.25) is 0 Å². The highest BCUT2D eigenvalue weighted by Gasteiger charge is 2.24. The zero-order chi connectivity index (χ0) is 14.0. The van der Waals surface area contributed by atoms with Gasteiger partial charge in [0.15, 0.2) is 0 Å². The molecule has 1 fully saturated rings. The molecule has 0 aliphatic carbocycles. The fourth-order valence-electron chi connectivity index (χ4n) is 2.12. The molecule has 1 aromatic heterocycles. The minimum absolute atomic E-state index is 0.0708. The minimum Gasteiger partial charge on any atom is -0.397 e. The van der Waals surface area contributed by atoms with Gasteiger partial charge in [0.1, 0.15) is 9.88 Å². The topological polar surface area (TPSA) is 136 Å². The van der Waals surface area contributed by atoms with Crippen molar-refractivity contribution in [3.63, 3.8) is 0 Å². The summed E-state index contributed by atoms with van der Waals surface area (Å²) in [6.45, 7) is 1.82. The van der Waals surface area contributed by atoms with Gasteiger partial charge in [0.05, 0.1) is 11.3 Å². The average molecular weight is 283 g/mol. The van der Waals surface area contributed by atoms with Gasteiger partial charge in [-0.05, 0) is 25.9 Å². The molecule has 2 amide bonds. The van der Waals surface area contributed by atoms with E-state index in [0.29, 0.717) is 5.00 Å². The van der Waals surface area contributed by atoms with E-state index in [2.05, 4.69) is 10.6 Å². The molecule has 0 spiro atoms. The highest BCUT2D eigenvalue weighted by Crippen LogP contribution is 2.36. The maximum Gasteiger partial charge on any atom is 0.260 e. The van der Waals surface area contributed by atoms with Crippen molar-refractivity contribution in [3.8, 4) is 0 Å². The molecule has 0 atom stereocenters. The third-order valence-electron chi connectivity index (χ3n) is 3.09. The van der Waals surface area contributed by atoms with Gasteiger partial charge in [0, 0.05) is 6.04 Å². The van der Waals surface area contributed by atoms with Crippen LogP contribution in [0.15, 0.2) is 0 Å². The molecule has 0 radical (unpaired) electrons. The van der Waals surface area contributed by atoms with Gasteiger partial charge in [-0.25, -0.2) is 0 Å². The first-order valence-corrected chi connectivity index (χ1v) is 6.81. The highest BCUT2D eigenvalue weighted by atomic mass is 32.1. The Bertz CT molecular complexity index is 507. The van der Waals surface area contributed by atoms with Crippen molar-refractivity contribution in [2.24, 2.45) is 11.5 Å². The second-order valence-electron chi connectivity index (χ2n) is 4.45.